The number of nitrogens with zero attached hydrogens (tertiary/aromatic N) is 2. The molecule has 0 bridgehead atoms. The number of carbonyl (C=O) groups is 13. The Hall–Kier alpha value is -7.25. The van der Waals surface area contributed by atoms with Crippen LogP contribution >= 0.6 is 23.2 Å². The minimum atomic E-state index is -2.26. The summed E-state index contributed by atoms with van der Waals surface area (Å²) >= 11 is 13.0. The first-order valence-electron chi connectivity index (χ1n) is 27.0. The van der Waals surface area contributed by atoms with Crippen LogP contribution in [0.25, 0.3) is 0 Å². The fraction of sp³-hybridized carbons (Fsp3) is 0.694. The molecule has 33 heteroatoms. The van der Waals surface area contributed by atoms with Crippen molar-refractivity contribution in [1.29, 1.82) is 10.8 Å². The van der Waals surface area contributed by atoms with Crippen molar-refractivity contribution >= 4 is 112 Å². The van der Waals surface area contributed by atoms with Gasteiger partial charge in [0.2, 0.25) is 59.1 Å². The molecule has 0 aromatic heterocycles. The summed E-state index contributed by atoms with van der Waals surface area (Å²) in [6.45, 7) is 3.59. The maximum Gasteiger partial charge on any atom is 0.243 e. The monoisotopic (exact) mass is 1200 g/mol. The van der Waals surface area contributed by atoms with Gasteiger partial charge >= 0.3 is 0 Å². The molecule has 0 aliphatic carbocycles. The molecule has 2 aliphatic rings. The lowest BCUT2D eigenvalue weighted by atomic mass is 9.95. The Morgan fingerprint density at radius 1 is 0.463 bits per heavy atom. The number of unbranched alkanes of at least 4 members (excludes halogenated alkanes) is 2. The first-order chi connectivity index (χ1) is 38.6. The summed E-state index contributed by atoms with van der Waals surface area (Å²) in [5.74, 6) is -13.1. The molecular weight excluding hydrogens is 1120 g/mol. The van der Waals surface area contributed by atoms with Crippen molar-refractivity contribution in [1.82, 2.24) is 52.3 Å². The molecule has 10 unspecified atom stereocenters. The first-order valence-corrected chi connectivity index (χ1v) is 27.9. The summed E-state index contributed by atoms with van der Waals surface area (Å²) in [7, 11) is 0. The van der Waals surface area contributed by atoms with Crippen molar-refractivity contribution in [3.05, 3.63) is 0 Å². The number of guanidine groups is 2. The van der Waals surface area contributed by atoms with Crippen LogP contribution < -0.4 is 76.9 Å². The number of hydrogen-bond donors (Lipinski definition) is 16. The summed E-state index contributed by atoms with van der Waals surface area (Å²) in [6.07, 6.45) is 0.448. The van der Waals surface area contributed by atoms with Crippen molar-refractivity contribution in [2.75, 3.05) is 39.3 Å². The smallest absolute Gasteiger partial charge is 0.243 e. The van der Waals surface area contributed by atoms with Crippen LogP contribution in [0.5, 0.6) is 0 Å². The fourth-order valence-electron chi connectivity index (χ4n) is 9.19. The molecule has 0 radical (unpaired) electrons. The van der Waals surface area contributed by atoms with Gasteiger partial charge in [0.05, 0.1) is 24.9 Å². The first kappa shape index (κ1) is 70.9. The number of likely N-dealkylation sites (tertiary alicyclic amines) is 2. The zero-order chi connectivity index (χ0) is 61.8. The molecule has 0 aromatic carbocycles. The van der Waals surface area contributed by atoms with E-state index in [-0.39, 0.29) is 114 Å². The highest BCUT2D eigenvalue weighted by atomic mass is 35.5. The van der Waals surface area contributed by atoms with E-state index < -0.39 is 137 Å². The normalized spacial score (nSPS) is 17.6. The Bertz CT molecular complexity index is 2180. The summed E-state index contributed by atoms with van der Waals surface area (Å²) < 4.78 is 0. The van der Waals surface area contributed by atoms with Crippen molar-refractivity contribution in [3.63, 3.8) is 0 Å². The molecule has 2 saturated heterocycles. The zero-order valence-corrected chi connectivity index (χ0v) is 47.8. The highest BCUT2D eigenvalue weighted by molar-refractivity contribution is 6.53. The molecule has 0 aromatic rings. The van der Waals surface area contributed by atoms with Gasteiger partial charge in [-0.3, -0.25) is 73.1 Å². The van der Waals surface area contributed by atoms with E-state index in [2.05, 4.69) is 42.5 Å². The molecule has 22 N–H and O–H groups in total. The number of Topliss-reactive ketones (excluding diaryl/α,β-unsaturated/α-hetero) is 3. The molecule has 2 rings (SSSR count). The maximum absolute atomic E-state index is 14.2. The Morgan fingerprint density at radius 3 is 1.09 bits per heavy atom. The molecule has 10 amide bonds. The number of nitrogens with two attached hydrogens (primary N) is 6. The predicted octanol–water partition coefficient (Wildman–Crippen LogP) is -5.63. The second-order valence-electron chi connectivity index (χ2n) is 19.9. The Balaban J connectivity index is 2.41. The molecule has 2 heterocycles. The second-order valence-corrected chi connectivity index (χ2v) is 20.8. The van der Waals surface area contributed by atoms with Crippen LogP contribution in [0.4, 0.5) is 0 Å². The third-order valence-corrected chi connectivity index (χ3v) is 14.3. The Morgan fingerprint density at radius 2 is 0.780 bits per heavy atom. The van der Waals surface area contributed by atoms with Crippen molar-refractivity contribution in [2.45, 2.75) is 176 Å². The third-order valence-electron chi connectivity index (χ3n) is 13.4. The van der Waals surface area contributed by atoms with E-state index in [0.717, 1.165) is 0 Å². The Labute approximate surface area is 484 Å². The molecule has 82 heavy (non-hydrogen) atoms. The third kappa shape index (κ3) is 24.1. The average molecular weight is 1200 g/mol. The average Bonchev–Trinajstić information content (AvgIpc) is 4.23. The minimum absolute atomic E-state index is 0.0862. The number of hydrogen-bond acceptors (Lipinski definition) is 17. The van der Waals surface area contributed by atoms with Gasteiger partial charge in [0, 0.05) is 40.0 Å². The SMILES string of the molecule is CC(=O)N1CCCC1C(=O)NC(CCCNC(=N)N)C(=O)NC(CC(N)=O)C(=O)NC(CCCCN)C(=O)C(Cl)C(=O)C(Cl)C(=O)C(CCCCN)NC(=O)C(CC(N)=O)NC(=O)C(CCCNC(=N)N)NC(=O)C1CCCN1C(C)=O. The fourth-order valence-corrected chi connectivity index (χ4v) is 9.81. The van der Waals surface area contributed by atoms with E-state index in [1.165, 1.54) is 23.6 Å². The number of alkyl halides is 2. The molecule has 31 nitrogen and oxygen atoms in total. The van der Waals surface area contributed by atoms with Crippen LogP contribution in [0.15, 0.2) is 0 Å². The molecule has 10 atom stereocenters. The van der Waals surface area contributed by atoms with Crippen LogP contribution in [0.2, 0.25) is 0 Å². The van der Waals surface area contributed by atoms with E-state index in [9.17, 15) is 62.3 Å². The minimum Gasteiger partial charge on any atom is -0.370 e. The number of carbonyl (C=O) groups excluding carboxylic acids is 13. The van der Waals surface area contributed by atoms with Gasteiger partial charge in [-0.05, 0) is 103 Å². The standard InChI is InChI=1S/C49H82Cl2N18O13/c1-25(70)68-21-9-15-33(68)46(81)64-29(13-7-19-60-48(56)57)42(77)66-31(23-35(54)72)44(79)62-27(11-3-5-17-52)39(74)37(50)41(76)38(51)40(75)28(12-4-6-18-53)63-45(80)32(24-36(55)73)67-43(78)30(14-8-20-61-49(58)59)65-47(82)34-16-10-22-69(34)26(2)71/h27-34,37-38H,3-24,52-53H2,1-2H3,(H2,54,72)(H2,55,73)(H,62,79)(H,63,80)(H,64,81)(H,65,82)(H,66,77)(H,67,78)(H4,56,57,60)(H4,58,59,61). The quantitative estimate of drug-likeness (QED) is 0.00901. The van der Waals surface area contributed by atoms with Crippen molar-refractivity contribution in [3.8, 4) is 0 Å². The van der Waals surface area contributed by atoms with Crippen LogP contribution in [0.3, 0.4) is 0 Å². The molecule has 2 aliphatic heterocycles. The lowest BCUT2D eigenvalue weighted by Crippen LogP contribution is -2.59. The maximum atomic E-state index is 14.2. The highest BCUT2D eigenvalue weighted by Gasteiger charge is 2.42. The van der Waals surface area contributed by atoms with Crippen molar-refractivity contribution in [2.24, 2.45) is 34.4 Å². The van der Waals surface area contributed by atoms with Crippen LogP contribution in [-0.2, 0) is 62.3 Å². The Kier molecular flexibility index (Phi) is 31.3. The summed E-state index contributed by atoms with van der Waals surface area (Å²) in [5, 5.41) is 30.2. The number of halogens is 2. The number of nitrogens with one attached hydrogen (secondary N) is 10. The lowest BCUT2D eigenvalue weighted by Gasteiger charge is -2.28. The zero-order valence-electron chi connectivity index (χ0n) is 46.3. The molecule has 460 valence electrons. The van der Waals surface area contributed by atoms with Gasteiger partial charge < -0.3 is 86.7 Å². The summed E-state index contributed by atoms with van der Waals surface area (Å²) in [4.78, 5) is 177. The van der Waals surface area contributed by atoms with Gasteiger partial charge in [0.1, 0.15) is 36.3 Å². The summed E-state index contributed by atoms with van der Waals surface area (Å²) in [6, 6.07) is -11.5. The van der Waals surface area contributed by atoms with Gasteiger partial charge in [-0.15, -0.1) is 23.2 Å². The largest absolute Gasteiger partial charge is 0.370 e. The van der Waals surface area contributed by atoms with Gasteiger partial charge in [-0.25, -0.2) is 0 Å². The van der Waals surface area contributed by atoms with E-state index >= 15 is 0 Å². The molecule has 2 fully saturated rings. The van der Waals surface area contributed by atoms with Crippen LogP contribution in [0.1, 0.15) is 117 Å². The summed E-state index contributed by atoms with van der Waals surface area (Å²) in [5.41, 5.74) is 33.1. The highest BCUT2D eigenvalue weighted by Crippen LogP contribution is 2.21. The van der Waals surface area contributed by atoms with E-state index in [4.69, 9.17) is 68.4 Å². The topological polar surface area (TPSA) is 528 Å². The van der Waals surface area contributed by atoms with Crippen LogP contribution in [-0.4, -0.2) is 196 Å². The van der Waals surface area contributed by atoms with E-state index in [0.29, 0.717) is 38.8 Å². The molecule has 0 saturated carbocycles. The van der Waals surface area contributed by atoms with E-state index in [1.54, 1.807) is 0 Å². The van der Waals surface area contributed by atoms with Crippen molar-refractivity contribution < 1.29 is 62.3 Å². The van der Waals surface area contributed by atoms with Gasteiger partial charge in [0.15, 0.2) is 40.0 Å². The van der Waals surface area contributed by atoms with Gasteiger partial charge in [-0.2, -0.15) is 0 Å². The predicted molar refractivity (Wildman–Crippen MR) is 298 cm³/mol. The number of rotatable bonds is 38. The molecular formula is C49H82Cl2N18O13. The molecule has 0 spiro atoms. The van der Waals surface area contributed by atoms with Crippen LogP contribution in [0, 0.1) is 10.8 Å². The van der Waals surface area contributed by atoms with Gasteiger partial charge in [-0.1, -0.05) is 0 Å². The number of ketones is 3. The number of amides is 10. The number of primary amides is 2. The van der Waals surface area contributed by atoms with E-state index in [1.807, 2.05) is 0 Å². The second kappa shape index (κ2) is 36.3. The lowest BCUT2D eigenvalue weighted by molar-refractivity contribution is -0.139. The van der Waals surface area contributed by atoms with Gasteiger partial charge in [0.25, 0.3) is 0 Å².